The van der Waals surface area contributed by atoms with Crippen LogP contribution in [0.2, 0.25) is 0 Å². The van der Waals surface area contributed by atoms with Gasteiger partial charge >= 0.3 is 0 Å². The Balaban J connectivity index is 1.54. The van der Waals surface area contributed by atoms with Crippen molar-refractivity contribution >= 4 is 17.5 Å². The number of amides is 1. The molecule has 1 aromatic carbocycles. The third kappa shape index (κ3) is 4.24. The minimum Gasteiger partial charge on any atom is -0.392 e. The van der Waals surface area contributed by atoms with E-state index in [0.717, 1.165) is 24.3 Å². The van der Waals surface area contributed by atoms with Crippen molar-refractivity contribution in [3.05, 3.63) is 48.3 Å². The summed E-state index contributed by atoms with van der Waals surface area (Å²) in [5.41, 5.74) is 1.66. The van der Waals surface area contributed by atoms with Crippen LogP contribution in [-0.4, -0.2) is 58.1 Å². The number of hydrogen-bond donors (Lipinski definition) is 2. The minimum absolute atomic E-state index is 0.0125. The number of piperazine rings is 1. The van der Waals surface area contributed by atoms with Crippen molar-refractivity contribution < 1.29 is 9.90 Å². The van der Waals surface area contributed by atoms with Crippen molar-refractivity contribution in [1.82, 2.24) is 14.9 Å². The van der Waals surface area contributed by atoms with Crippen molar-refractivity contribution in [1.29, 1.82) is 0 Å². The zero-order valence-electron chi connectivity index (χ0n) is 14.3. The van der Waals surface area contributed by atoms with Crippen molar-refractivity contribution in [2.24, 2.45) is 0 Å². The Labute approximate surface area is 147 Å². The van der Waals surface area contributed by atoms with E-state index >= 15 is 0 Å². The SMILES string of the molecule is CC(Nc1cccc(CO)c1)C(=O)N1CCN(c2ncccn2)CC1. The largest absolute Gasteiger partial charge is 0.392 e. The summed E-state index contributed by atoms with van der Waals surface area (Å²) >= 11 is 0. The van der Waals surface area contributed by atoms with Gasteiger partial charge in [0.25, 0.3) is 0 Å². The number of rotatable bonds is 5. The fourth-order valence-corrected chi connectivity index (χ4v) is 2.93. The van der Waals surface area contributed by atoms with E-state index < -0.39 is 0 Å². The lowest BCUT2D eigenvalue weighted by atomic mass is 10.2. The molecule has 25 heavy (non-hydrogen) atoms. The zero-order chi connectivity index (χ0) is 17.6. The Morgan fingerprint density at radius 3 is 2.60 bits per heavy atom. The summed E-state index contributed by atoms with van der Waals surface area (Å²) < 4.78 is 0. The number of nitrogens with zero attached hydrogens (tertiary/aromatic N) is 4. The number of carbonyl (C=O) groups excluding carboxylic acids is 1. The highest BCUT2D eigenvalue weighted by Crippen LogP contribution is 2.14. The van der Waals surface area contributed by atoms with Crippen LogP contribution in [0, 0.1) is 0 Å². The van der Waals surface area contributed by atoms with Crippen LogP contribution < -0.4 is 10.2 Å². The number of carbonyl (C=O) groups is 1. The monoisotopic (exact) mass is 341 g/mol. The summed E-state index contributed by atoms with van der Waals surface area (Å²) in [6.45, 7) is 4.60. The second-order valence-corrected chi connectivity index (χ2v) is 6.09. The molecule has 1 amide bonds. The lowest BCUT2D eigenvalue weighted by Gasteiger charge is -2.36. The van der Waals surface area contributed by atoms with Gasteiger partial charge in [0.15, 0.2) is 0 Å². The van der Waals surface area contributed by atoms with E-state index in [1.165, 1.54) is 0 Å². The third-order valence-corrected chi connectivity index (χ3v) is 4.29. The molecule has 0 spiro atoms. The molecule has 7 heteroatoms. The molecule has 1 aromatic heterocycles. The van der Waals surface area contributed by atoms with Crippen LogP contribution in [0.25, 0.3) is 0 Å². The first-order valence-corrected chi connectivity index (χ1v) is 8.44. The first-order valence-electron chi connectivity index (χ1n) is 8.44. The highest BCUT2D eigenvalue weighted by Gasteiger charge is 2.25. The molecule has 1 unspecified atom stereocenters. The van der Waals surface area contributed by atoms with Crippen LogP contribution in [0.1, 0.15) is 12.5 Å². The summed E-state index contributed by atoms with van der Waals surface area (Å²) in [6.07, 6.45) is 3.46. The summed E-state index contributed by atoms with van der Waals surface area (Å²) in [6, 6.07) is 8.94. The Bertz CT molecular complexity index is 702. The van der Waals surface area contributed by atoms with E-state index in [1.54, 1.807) is 18.5 Å². The van der Waals surface area contributed by atoms with Gasteiger partial charge in [0.05, 0.1) is 6.61 Å². The zero-order valence-corrected chi connectivity index (χ0v) is 14.3. The molecule has 2 heterocycles. The Kier molecular flexibility index (Phi) is 5.45. The smallest absolute Gasteiger partial charge is 0.244 e. The molecule has 132 valence electrons. The average Bonchev–Trinajstić information content (AvgIpc) is 2.68. The van der Waals surface area contributed by atoms with E-state index in [2.05, 4.69) is 20.2 Å². The van der Waals surface area contributed by atoms with Gasteiger partial charge in [0, 0.05) is 44.3 Å². The van der Waals surface area contributed by atoms with Crippen LogP contribution in [0.15, 0.2) is 42.7 Å². The fourth-order valence-electron chi connectivity index (χ4n) is 2.93. The molecule has 1 fully saturated rings. The molecular weight excluding hydrogens is 318 g/mol. The lowest BCUT2D eigenvalue weighted by molar-refractivity contribution is -0.131. The van der Waals surface area contributed by atoms with Crippen LogP contribution in [0.5, 0.6) is 0 Å². The lowest BCUT2D eigenvalue weighted by Crippen LogP contribution is -2.52. The summed E-state index contributed by atoms with van der Waals surface area (Å²) in [5.74, 6) is 0.782. The average molecular weight is 341 g/mol. The molecule has 1 saturated heterocycles. The maximum atomic E-state index is 12.7. The third-order valence-electron chi connectivity index (χ3n) is 4.29. The number of anilines is 2. The molecule has 1 aliphatic rings. The Hall–Kier alpha value is -2.67. The number of aliphatic hydroxyl groups excluding tert-OH is 1. The van der Waals surface area contributed by atoms with Crippen molar-refractivity contribution in [2.75, 3.05) is 36.4 Å². The highest BCUT2D eigenvalue weighted by atomic mass is 16.3. The number of benzene rings is 1. The van der Waals surface area contributed by atoms with E-state index in [-0.39, 0.29) is 18.6 Å². The normalized spacial score (nSPS) is 15.8. The second kappa shape index (κ2) is 7.94. The van der Waals surface area contributed by atoms with Gasteiger partial charge in [-0.3, -0.25) is 4.79 Å². The molecule has 0 saturated carbocycles. The van der Waals surface area contributed by atoms with Crippen molar-refractivity contribution in [3.63, 3.8) is 0 Å². The highest BCUT2D eigenvalue weighted by molar-refractivity contribution is 5.84. The number of aliphatic hydroxyl groups is 1. The van der Waals surface area contributed by atoms with Crippen LogP contribution in [0.3, 0.4) is 0 Å². The Morgan fingerprint density at radius 1 is 1.20 bits per heavy atom. The molecular formula is C18H23N5O2. The van der Waals surface area contributed by atoms with Gasteiger partial charge in [-0.05, 0) is 30.7 Å². The van der Waals surface area contributed by atoms with Gasteiger partial charge in [0.1, 0.15) is 6.04 Å². The predicted octanol–water partition coefficient (Wildman–Crippen LogP) is 1.12. The van der Waals surface area contributed by atoms with Gasteiger partial charge in [-0.15, -0.1) is 0 Å². The molecule has 7 nitrogen and oxygen atoms in total. The van der Waals surface area contributed by atoms with Gasteiger partial charge in [-0.2, -0.15) is 0 Å². The molecule has 1 atom stereocenters. The quantitative estimate of drug-likeness (QED) is 0.848. The van der Waals surface area contributed by atoms with Crippen molar-refractivity contribution in [2.45, 2.75) is 19.6 Å². The van der Waals surface area contributed by atoms with Gasteiger partial charge in [0.2, 0.25) is 11.9 Å². The van der Waals surface area contributed by atoms with E-state index in [1.807, 2.05) is 36.1 Å². The molecule has 2 N–H and O–H groups in total. The predicted molar refractivity (Wildman–Crippen MR) is 96.3 cm³/mol. The first kappa shape index (κ1) is 17.2. The van der Waals surface area contributed by atoms with Gasteiger partial charge in [-0.25, -0.2) is 9.97 Å². The molecule has 0 bridgehead atoms. The maximum Gasteiger partial charge on any atom is 0.244 e. The molecule has 0 aliphatic carbocycles. The number of nitrogens with one attached hydrogen (secondary N) is 1. The molecule has 0 radical (unpaired) electrons. The molecule has 3 rings (SSSR count). The number of aromatic nitrogens is 2. The van der Waals surface area contributed by atoms with Crippen molar-refractivity contribution in [3.8, 4) is 0 Å². The van der Waals surface area contributed by atoms with E-state index in [9.17, 15) is 9.90 Å². The minimum atomic E-state index is -0.325. The first-order chi connectivity index (χ1) is 12.2. The summed E-state index contributed by atoms with van der Waals surface area (Å²) in [5, 5.41) is 12.4. The summed E-state index contributed by atoms with van der Waals surface area (Å²) in [7, 11) is 0. The van der Waals surface area contributed by atoms with Crippen LogP contribution >= 0.6 is 0 Å². The molecule has 1 aliphatic heterocycles. The Morgan fingerprint density at radius 2 is 1.92 bits per heavy atom. The fraction of sp³-hybridized carbons (Fsp3) is 0.389. The molecule has 2 aromatic rings. The van der Waals surface area contributed by atoms with Crippen LogP contribution in [-0.2, 0) is 11.4 Å². The number of hydrogen-bond acceptors (Lipinski definition) is 6. The van der Waals surface area contributed by atoms with E-state index in [4.69, 9.17) is 0 Å². The second-order valence-electron chi connectivity index (χ2n) is 6.09. The van der Waals surface area contributed by atoms with Gasteiger partial charge in [-0.1, -0.05) is 12.1 Å². The summed E-state index contributed by atoms with van der Waals surface area (Å²) in [4.78, 5) is 25.1. The van der Waals surface area contributed by atoms with Crippen LogP contribution in [0.4, 0.5) is 11.6 Å². The standard InChI is InChI=1S/C18H23N5O2/c1-14(21-16-5-2-4-15(12-16)13-24)17(25)22-8-10-23(11-9-22)18-19-6-3-7-20-18/h2-7,12,14,21,24H,8-11,13H2,1H3. The van der Waals surface area contributed by atoms with E-state index in [0.29, 0.717) is 19.0 Å². The van der Waals surface area contributed by atoms with Gasteiger partial charge < -0.3 is 20.2 Å². The maximum absolute atomic E-state index is 12.7. The topological polar surface area (TPSA) is 81.6 Å².